The first-order valence-electron chi connectivity index (χ1n) is 15.3. The maximum Gasteiger partial charge on any atom is 0.410 e. The number of carbonyl (C=O) groups is 3. The van der Waals surface area contributed by atoms with E-state index < -0.39 is 11.7 Å². The number of rotatable bonds is 9. The highest BCUT2D eigenvalue weighted by molar-refractivity contribution is 6.07. The molecule has 0 unspecified atom stereocenters. The maximum absolute atomic E-state index is 13.3. The van der Waals surface area contributed by atoms with E-state index in [-0.39, 0.29) is 29.5 Å². The molecule has 4 rings (SSSR count). The van der Waals surface area contributed by atoms with Crippen molar-refractivity contribution < 1.29 is 23.9 Å². The summed E-state index contributed by atoms with van der Waals surface area (Å²) in [4.78, 5) is 48.0. The number of aromatic nitrogens is 3. The van der Waals surface area contributed by atoms with Gasteiger partial charge in [0.25, 0.3) is 11.8 Å². The molecule has 12 nitrogen and oxygen atoms in total. The van der Waals surface area contributed by atoms with Crippen LogP contribution in [0.4, 0.5) is 10.6 Å². The lowest BCUT2D eigenvalue weighted by atomic mass is 10.0. The number of hydrogen-bond acceptors (Lipinski definition) is 8. The molecule has 3 aromatic rings. The molecular formula is C33H45N7O5. The van der Waals surface area contributed by atoms with E-state index in [1.807, 2.05) is 53.7 Å². The zero-order valence-electron chi connectivity index (χ0n) is 27.5. The van der Waals surface area contributed by atoms with Crippen molar-refractivity contribution in [2.24, 2.45) is 7.05 Å². The summed E-state index contributed by atoms with van der Waals surface area (Å²) in [6.07, 6.45) is 2.66. The quantitative estimate of drug-likeness (QED) is 0.358. The largest absolute Gasteiger partial charge is 0.482 e. The van der Waals surface area contributed by atoms with Gasteiger partial charge in [0.2, 0.25) is 0 Å². The van der Waals surface area contributed by atoms with E-state index >= 15 is 0 Å². The van der Waals surface area contributed by atoms with Gasteiger partial charge in [0.15, 0.2) is 11.9 Å². The topological polar surface area (TPSA) is 131 Å². The average Bonchev–Trinajstić information content (AvgIpc) is 3.36. The molecule has 1 fully saturated rings. The third-order valence-electron chi connectivity index (χ3n) is 7.41. The van der Waals surface area contributed by atoms with Crippen molar-refractivity contribution in [1.29, 1.82) is 0 Å². The van der Waals surface area contributed by atoms with E-state index in [1.54, 1.807) is 54.1 Å². The van der Waals surface area contributed by atoms with E-state index in [0.29, 0.717) is 61.1 Å². The number of pyridine rings is 1. The molecular weight excluding hydrogens is 574 g/mol. The summed E-state index contributed by atoms with van der Waals surface area (Å²) in [6.45, 7) is 15.8. The molecule has 1 aliphatic heterocycles. The summed E-state index contributed by atoms with van der Waals surface area (Å²) in [6, 6.07) is 8.81. The molecule has 0 spiro atoms. The summed E-state index contributed by atoms with van der Waals surface area (Å²) >= 11 is 0. The smallest absolute Gasteiger partial charge is 0.410 e. The first-order chi connectivity index (χ1) is 21.2. The molecule has 0 saturated carbocycles. The minimum atomic E-state index is -0.571. The molecule has 3 amide bonds. The highest BCUT2D eigenvalue weighted by Gasteiger charge is 2.33. The van der Waals surface area contributed by atoms with E-state index in [4.69, 9.17) is 9.47 Å². The Kier molecular flexibility index (Phi) is 10.5. The van der Waals surface area contributed by atoms with Crippen LogP contribution in [0.5, 0.6) is 5.75 Å². The van der Waals surface area contributed by atoms with Crippen LogP contribution in [0.25, 0.3) is 0 Å². The van der Waals surface area contributed by atoms with Crippen LogP contribution in [-0.2, 0) is 11.8 Å². The van der Waals surface area contributed by atoms with Crippen LogP contribution in [0.1, 0.15) is 78.3 Å². The van der Waals surface area contributed by atoms with Crippen molar-refractivity contribution in [3.8, 4) is 5.75 Å². The van der Waals surface area contributed by atoms with Crippen molar-refractivity contribution in [3.05, 3.63) is 70.7 Å². The van der Waals surface area contributed by atoms with Crippen LogP contribution in [0.2, 0.25) is 0 Å². The van der Waals surface area contributed by atoms with Gasteiger partial charge in [-0.15, -0.1) is 0 Å². The van der Waals surface area contributed by atoms with Crippen LogP contribution >= 0.6 is 0 Å². The number of anilines is 1. The SMILES string of the molecule is CCNC(=O)c1cc(C(=O)Nc2ccn(C)n2)c(C)cc1O[C@H](CN1CCN(C(=O)OC(C)(C)C)[C@H](C)C1)c1ccc(C)cn1. The first kappa shape index (κ1) is 33.4. The summed E-state index contributed by atoms with van der Waals surface area (Å²) in [5.41, 5.74) is 2.37. The Labute approximate surface area is 265 Å². The van der Waals surface area contributed by atoms with Crippen LogP contribution < -0.4 is 15.4 Å². The van der Waals surface area contributed by atoms with Gasteiger partial charge in [-0.2, -0.15) is 5.10 Å². The van der Waals surface area contributed by atoms with Gasteiger partial charge in [-0.3, -0.25) is 24.2 Å². The van der Waals surface area contributed by atoms with Crippen molar-refractivity contribution in [2.75, 3.05) is 38.0 Å². The number of hydrogen-bond donors (Lipinski definition) is 2. The third kappa shape index (κ3) is 8.81. The van der Waals surface area contributed by atoms with Gasteiger partial charge in [-0.05, 0) is 77.8 Å². The van der Waals surface area contributed by atoms with E-state index in [9.17, 15) is 14.4 Å². The zero-order valence-corrected chi connectivity index (χ0v) is 27.5. The Morgan fingerprint density at radius 3 is 2.42 bits per heavy atom. The minimum Gasteiger partial charge on any atom is -0.482 e. The molecule has 0 bridgehead atoms. The molecule has 1 aliphatic rings. The maximum atomic E-state index is 13.3. The highest BCUT2D eigenvalue weighted by Crippen LogP contribution is 2.30. The molecule has 0 radical (unpaired) electrons. The Balaban J connectivity index is 1.61. The molecule has 1 saturated heterocycles. The summed E-state index contributed by atoms with van der Waals surface area (Å²) in [5.74, 6) is 0.0282. The molecule has 2 N–H and O–H groups in total. The lowest BCUT2D eigenvalue weighted by molar-refractivity contribution is -0.00317. The van der Waals surface area contributed by atoms with E-state index in [1.165, 1.54) is 0 Å². The lowest BCUT2D eigenvalue weighted by Gasteiger charge is -2.41. The Hall–Kier alpha value is -4.45. The number of benzene rings is 1. The Morgan fingerprint density at radius 1 is 1.07 bits per heavy atom. The molecule has 242 valence electrons. The van der Waals surface area contributed by atoms with Crippen LogP contribution in [0.15, 0.2) is 42.7 Å². The van der Waals surface area contributed by atoms with E-state index in [2.05, 4.69) is 25.6 Å². The minimum absolute atomic E-state index is 0.0785. The van der Waals surface area contributed by atoms with Gasteiger partial charge in [-0.1, -0.05) is 6.07 Å². The van der Waals surface area contributed by atoms with Crippen LogP contribution in [-0.4, -0.2) is 86.8 Å². The molecule has 2 atom stereocenters. The second kappa shape index (κ2) is 14.1. The molecule has 45 heavy (non-hydrogen) atoms. The molecule has 1 aromatic carbocycles. The second-order valence-electron chi connectivity index (χ2n) is 12.5. The molecule has 12 heteroatoms. The third-order valence-corrected chi connectivity index (χ3v) is 7.41. The molecule has 2 aromatic heterocycles. The summed E-state index contributed by atoms with van der Waals surface area (Å²) in [7, 11) is 1.77. The van der Waals surface area contributed by atoms with Crippen molar-refractivity contribution in [3.63, 3.8) is 0 Å². The van der Waals surface area contributed by atoms with Crippen molar-refractivity contribution in [2.45, 2.75) is 66.2 Å². The van der Waals surface area contributed by atoms with E-state index in [0.717, 1.165) is 5.56 Å². The fourth-order valence-corrected chi connectivity index (χ4v) is 5.16. The van der Waals surface area contributed by atoms with Crippen LogP contribution in [0.3, 0.4) is 0 Å². The zero-order chi connectivity index (χ0) is 32.9. The first-order valence-corrected chi connectivity index (χ1v) is 15.3. The average molecular weight is 620 g/mol. The summed E-state index contributed by atoms with van der Waals surface area (Å²) < 4.78 is 13.8. The van der Waals surface area contributed by atoms with Gasteiger partial charge in [0, 0.05) is 69.8 Å². The normalized spacial score (nSPS) is 16.2. The summed E-state index contributed by atoms with van der Waals surface area (Å²) in [5, 5.41) is 9.85. The molecule has 3 heterocycles. The Morgan fingerprint density at radius 2 is 1.82 bits per heavy atom. The number of piperazine rings is 1. The van der Waals surface area contributed by atoms with Crippen LogP contribution in [0, 0.1) is 13.8 Å². The number of carbonyl (C=O) groups excluding carboxylic acids is 3. The predicted molar refractivity (Wildman–Crippen MR) is 172 cm³/mol. The fourth-order valence-electron chi connectivity index (χ4n) is 5.16. The monoisotopic (exact) mass is 619 g/mol. The number of aryl methyl sites for hydroxylation is 3. The second-order valence-corrected chi connectivity index (χ2v) is 12.5. The van der Waals surface area contributed by atoms with Gasteiger partial charge < -0.3 is 25.0 Å². The highest BCUT2D eigenvalue weighted by atomic mass is 16.6. The van der Waals surface area contributed by atoms with Gasteiger partial charge in [-0.25, -0.2) is 4.79 Å². The lowest BCUT2D eigenvalue weighted by Crippen LogP contribution is -2.55. The van der Waals surface area contributed by atoms with Gasteiger partial charge in [0.1, 0.15) is 11.4 Å². The van der Waals surface area contributed by atoms with Crippen molar-refractivity contribution in [1.82, 2.24) is 29.9 Å². The number of amides is 3. The van der Waals surface area contributed by atoms with Crippen molar-refractivity contribution >= 4 is 23.7 Å². The fraction of sp³-hybridized carbons (Fsp3) is 0.485. The number of nitrogens with one attached hydrogen (secondary N) is 2. The number of ether oxygens (including phenoxy) is 2. The number of nitrogens with zero attached hydrogens (tertiary/aromatic N) is 5. The molecule has 0 aliphatic carbocycles. The standard InChI is InChI=1S/C33H45N7O5/c1-9-34-30(41)25-17-24(31(42)36-29-12-13-38(8)37-29)22(3)16-27(25)44-28(26-11-10-21(2)18-35-26)20-39-14-15-40(23(4)19-39)32(43)45-33(5,6)7/h10-13,16-18,23,28H,9,14-15,19-20H2,1-8H3,(H,34,41)(H,36,37,42)/t23-,28-/m1/s1. The van der Waals surface area contributed by atoms with Gasteiger partial charge in [0.05, 0.1) is 11.3 Å². The predicted octanol–water partition coefficient (Wildman–Crippen LogP) is 4.50. The Bertz CT molecular complexity index is 1510. The van der Waals surface area contributed by atoms with Gasteiger partial charge >= 0.3 is 6.09 Å².